The van der Waals surface area contributed by atoms with Crippen LogP contribution in [-0.4, -0.2) is 0 Å². The van der Waals surface area contributed by atoms with Gasteiger partial charge in [-0.25, -0.2) is 0 Å². The van der Waals surface area contributed by atoms with Crippen LogP contribution in [0.15, 0.2) is 48.5 Å². The lowest BCUT2D eigenvalue weighted by atomic mass is 9.76. The van der Waals surface area contributed by atoms with Crippen molar-refractivity contribution in [2.24, 2.45) is 11.8 Å². The second-order valence-corrected chi connectivity index (χ2v) is 8.74. The van der Waals surface area contributed by atoms with E-state index >= 15 is 0 Å². The number of hydrogen-bond acceptors (Lipinski definition) is 0. The van der Waals surface area contributed by atoms with E-state index in [0.29, 0.717) is 5.92 Å². The molecule has 0 saturated heterocycles. The zero-order chi connectivity index (χ0) is 20.1. The van der Waals surface area contributed by atoms with Gasteiger partial charge in [0.25, 0.3) is 0 Å². The molecule has 0 atom stereocenters. The van der Waals surface area contributed by atoms with Gasteiger partial charge in [-0.2, -0.15) is 13.2 Å². The van der Waals surface area contributed by atoms with Crippen molar-refractivity contribution in [3.05, 3.63) is 59.7 Å². The van der Waals surface area contributed by atoms with E-state index in [1.807, 2.05) is 12.1 Å². The van der Waals surface area contributed by atoms with Crippen LogP contribution in [0.1, 0.15) is 75.8 Å². The predicted molar refractivity (Wildman–Crippen MR) is 110 cm³/mol. The molecule has 3 rings (SSSR count). The number of halogens is 3. The maximum Gasteiger partial charge on any atom is 0.416 e. The summed E-state index contributed by atoms with van der Waals surface area (Å²) in [5.41, 5.74) is 2.57. The number of alkyl halides is 3. The van der Waals surface area contributed by atoms with Gasteiger partial charge in [0.2, 0.25) is 0 Å². The van der Waals surface area contributed by atoms with Crippen LogP contribution in [0.3, 0.4) is 0 Å². The quantitative estimate of drug-likeness (QED) is 0.465. The Morgan fingerprint density at radius 2 is 1.36 bits per heavy atom. The molecule has 28 heavy (non-hydrogen) atoms. The van der Waals surface area contributed by atoms with Crippen molar-refractivity contribution in [1.82, 2.24) is 0 Å². The Morgan fingerprint density at radius 1 is 0.821 bits per heavy atom. The van der Waals surface area contributed by atoms with Gasteiger partial charge in [-0.15, -0.1) is 0 Å². The largest absolute Gasteiger partial charge is 0.416 e. The van der Waals surface area contributed by atoms with Gasteiger partial charge in [0, 0.05) is 0 Å². The van der Waals surface area contributed by atoms with E-state index in [4.69, 9.17) is 0 Å². The molecule has 0 nitrogen and oxygen atoms in total. The van der Waals surface area contributed by atoms with Crippen LogP contribution in [-0.2, 0) is 6.18 Å². The summed E-state index contributed by atoms with van der Waals surface area (Å²) in [6, 6.07) is 13.8. The van der Waals surface area contributed by atoms with E-state index in [9.17, 15) is 13.2 Å². The molecule has 0 aromatic heterocycles. The standard InChI is InChI=1S/C25H31F3/c1-18(2)4-3-5-19-6-8-20(9-7-19)21-10-12-22(13-11-21)23-14-16-24(17-15-23)25(26,27)28/h10-20H,3-9H2,1-2H3. The molecule has 3 heteroatoms. The SMILES string of the molecule is CC(C)CCCC1CCC(c2ccc(-c3ccc(C(F)(F)F)cc3)cc2)CC1. The highest BCUT2D eigenvalue weighted by Gasteiger charge is 2.30. The highest BCUT2D eigenvalue weighted by molar-refractivity contribution is 5.64. The van der Waals surface area contributed by atoms with E-state index in [1.165, 1.54) is 50.5 Å². The van der Waals surface area contributed by atoms with E-state index in [2.05, 4.69) is 26.0 Å². The Bertz CT molecular complexity index is 718. The molecule has 0 spiro atoms. The predicted octanol–water partition coefficient (Wildman–Crippen LogP) is 8.47. The topological polar surface area (TPSA) is 0 Å². The summed E-state index contributed by atoms with van der Waals surface area (Å²) in [7, 11) is 0. The van der Waals surface area contributed by atoms with Gasteiger partial charge in [0.15, 0.2) is 0 Å². The minimum atomic E-state index is -4.28. The summed E-state index contributed by atoms with van der Waals surface area (Å²) in [5, 5.41) is 0. The lowest BCUT2D eigenvalue weighted by Gasteiger charge is -2.29. The molecular formula is C25H31F3. The van der Waals surface area contributed by atoms with Crippen molar-refractivity contribution in [3.63, 3.8) is 0 Å². The van der Waals surface area contributed by atoms with Gasteiger partial charge < -0.3 is 0 Å². The molecule has 2 aromatic rings. The summed E-state index contributed by atoms with van der Waals surface area (Å²) in [6.07, 6.45) is 4.94. The Hall–Kier alpha value is -1.77. The third kappa shape index (κ3) is 5.62. The molecule has 1 aliphatic carbocycles. The molecule has 1 saturated carbocycles. The maximum absolute atomic E-state index is 12.7. The Kier molecular flexibility index (Phi) is 6.85. The molecule has 0 amide bonds. The number of hydrogen-bond donors (Lipinski definition) is 0. The van der Waals surface area contributed by atoms with Crippen LogP contribution in [0.4, 0.5) is 13.2 Å². The van der Waals surface area contributed by atoms with Crippen molar-refractivity contribution in [3.8, 4) is 11.1 Å². The van der Waals surface area contributed by atoms with Gasteiger partial charge in [-0.05, 0) is 72.3 Å². The first-order valence-corrected chi connectivity index (χ1v) is 10.6. The summed E-state index contributed by atoms with van der Waals surface area (Å²) in [6.45, 7) is 4.59. The highest BCUT2D eigenvalue weighted by Crippen LogP contribution is 2.38. The molecule has 1 aliphatic rings. The Morgan fingerprint density at radius 3 is 1.86 bits per heavy atom. The normalized spacial score (nSPS) is 20.5. The third-order valence-corrected chi connectivity index (χ3v) is 6.17. The second kappa shape index (κ2) is 9.15. The molecule has 0 N–H and O–H groups in total. The summed E-state index contributed by atoms with van der Waals surface area (Å²) in [5.74, 6) is 2.32. The fourth-order valence-corrected chi connectivity index (χ4v) is 4.40. The van der Waals surface area contributed by atoms with Crippen LogP contribution in [0.25, 0.3) is 11.1 Å². The van der Waals surface area contributed by atoms with Crippen molar-refractivity contribution >= 4 is 0 Å². The summed E-state index contributed by atoms with van der Waals surface area (Å²) < 4.78 is 38.1. The molecule has 2 aromatic carbocycles. The molecule has 0 bridgehead atoms. The van der Waals surface area contributed by atoms with Crippen molar-refractivity contribution in [2.75, 3.05) is 0 Å². The van der Waals surface area contributed by atoms with Crippen LogP contribution < -0.4 is 0 Å². The molecule has 0 aliphatic heterocycles. The van der Waals surface area contributed by atoms with Crippen LogP contribution in [0, 0.1) is 11.8 Å². The van der Waals surface area contributed by atoms with Gasteiger partial charge in [-0.3, -0.25) is 0 Å². The molecule has 0 radical (unpaired) electrons. The summed E-state index contributed by atoms with van der Waals surface area (Å²) >= 11 is 0. The first-order valence-electron chi connectivity index (χ1n) is 10.6. The minimum absolute atomic E-state index is 0.599. The molecule has 0 heterocycles. The Labute approximate surface area is 167 Å². The zero-order valence-corrected chi connectivity index (χ0v) is 16.9. The summed E-state index contributed by atoms with van der Waals surface area (Å²) in [4.78, 5) is 0. The van der Waals surface area contributed by atoms with Crippen LogP contribution >= 0.6 is 0 Å². The smallest absolute Gasteiger partial charge is 0.166 e. The van der Waals surface area contributed by atoms with Gasteiger partial charge in [0.1, 0.15) is 0 Å². The zero-order valence-electron chi connectivity index (χ0n) is 16.9. The van der Waals surface area contributed by atoms with Gasteiger partial charge in [-0.1, -0.05) is 69.5 Å². The minimum Gasteiger partial charge on any atom is -0.166 e. The molecule has 152 valence electrons. The van der Waals surface area contributed by atoms with Crippen molar-refractivity contribution < 1.29 is 13.2 Å². The average molecular weight is 389 g/mol. The van der Waals surface area contributed by atoms with Gasteiger partial charge in [0.05, 0.1) is 5.56 Å². The Balaban J connectivity index is 1.55. The number of rotatable bonds is 6. The third-order valence-electron chi connectivity index (χ3n) is 6.17. The van der Waals surface area contributed by atoms with Crippen LogP contribution in [0.5, 0.6) is 0 Å². The fourth-order valence-electron chi connectivity index (χ4n) is 4.40. The monoisotopic (exact) mass is 388 g/mol. The lowest BCUT2D eigenvalue weighted by Crippen LogP contribution is -2.13. The number of benzene rings is 2. The van der Waals surface area contributed by atoms with Crippen LogP contribution in [0.2, 0.25) is 0 Å². The molecular weight excluding hydrogens is 357 g/mol. The van der Waals surface area contributed by atoms with E-state index in [-0.39, 0.29) is 0 Å². The maximum atomic E-state index is 12.7. The van der Waals surface area contributed by atoms with Gasteiger partial charge >= 0.3 is 6.18 Å². The second-order valence-electron chi connectivity index (χ2n) is 8.74. The fraction of sp³-hybridized carbons (Fsp3) is 0.520. The van der Waals surface area contributed by atoms with Crippen molar-refractivity contribution in [1.29, 1.82) is 0 Å². The molecule has 1 fully saturated rings. The average Bonchev–Trinajstić information content (AvgIpc) is 2.68. The molecule has 0 unspecified atom stereocenters. The highest BCUT2D eigenvalue weighted by atomic mass is 19.4. The van der Waals surface area contributed by atoms with E-state index in [1.54, 1.807) is 12.1 Å². The van der Waals surface area contributed by atoms with E-state index < -0.39 is 11.7 Å². The first kappa shape index (κ1) is 21.0. The van der Waals surface area contributed by atoms with Crippen molar-refractivity contribution in [2.45, 2.75) is 70.9 Å². The lowest BCUT2D eigenvalue weighted by molar-refractivity contribution is -0.137. The van der Waals surface area contributed by atoms with E-state index in [0.717, 1.165) is 35.1 Å². The first-order chi connectivity index (χ1) is 13.3.